The molecule has 0 aliphatic heterocycles. The van der Waals surface area contributed by atoms with E-state index in [0.717, 1.165) is 11.1 Å². The summed E-state index contributed by atoms with van der Waals surface area (Å²) in [4.78, 5) is 11.7. The van der Waals surface area contributed by atoms with Crippen molar-refractivity contribution in [1.29, 1.82) is 5.26 Å². The molecule has 0 amide bonds. The highest BCUT2D eigenvalue weighted by Gasteiger charge is 2.23. The highest BCUT2D eigenvalue weighted by atomic mass is 16.3. The molecule has 1 heterocycles. The fourth-order valence-electron chi connectivity index (χ4n) is 2.49. The molecular weight excluding hydrogens is 286 g/mol. The number of hydrogen-bond acceptors (Lipinski definition) is 3. The fraction of sp³-hybridized carbons (Fsp3) is 0.300. The Labute approximate surface area is 137 Å². The van der Waals surface area contributed by atoms with Crippen LogP contribution in [-0.4, -0.2) is 5.78 Å². The topological polar surface area (TPSA) is 54.0 Å². The first kappa shape index (κ1) is 16.8. The quantitative estimate of drug-likeness (QED) is 0.728. The number of nitriles is 1. The Balaban J connectivity index is 2.58. The minimum Gasteiger partial charge on any atom is -0.461 e. The number of carbonyl (C=O) groups excluding carboxylic acids is 1. The lowest BCUT2D eigenvalue weighted by atomic mass is 9.83. The highest BCUT2D eigenvalue weighted by molar-refractivity contribution is 5.96. The number of ketones is 1. The first-order valence-electron chi connectivity index (χ1n) is 7.56. The fourth-order valence-corrected chi connectivity index (χ4v) is 2.49. The molecule has 0 aliphatic carbocycles. The normalized spacial score (nSPS) is 12.1. The zero-order valence-electron chi connectivity index (χ0n) is 14.2. The minimum atomic E-state index is -0.166. The second kappa shape index (κ2) is 6.26. The van der Waals surface area contributed by atoms with E-state index in [0.29, 0.717) is 22.6 Å². The lowest BCUT2D eigenvalue weighted by Crippen LogP contribution is -2.07. The van der Waals surface area contributed by atoms with Crippen LogP contribution in [0.1, 0.15) is 60.7 Å². The van der Waals surface area contributed by atoms with Crippen molar-refractivity contribution in [3.8, 4) is 6.07 Å². The third kappa shape index (κ3) is 3.78. The average Bonchev–Trinajstić information content (AvgIpc) is 2.85. The van der Waals surface area contributed by atoms with Crippen LogP contribution in [0.5, 0.6) is 0 Å². The lowest BCUT2D eigenvalue weighted by molar-refractivity contribution is 0.101. The molecule has 0 bridgehead atoms. The molecule has 0 fully saturated rings. The summed E-state index contributed by atoms with van der Waals surface area (Å²) < 4.78 is 5.84. The van der Waals surface area contributed by atoms with E-state index in [1.165, 1.54) is 0 Å². The van der Waals surface area contributed by atoms with Gasteiger partial charge in [0.1, 0.15) is 11.5 Å². The van der Waals surface area contributed by atoms with E-state index in [2.05, 4.69) is 26.8 Å². The number of hydrogen-bond donors (Lipinski definition) is 0. The molecule has 0 saturated heterocycles. The molecular formula is C20H21NO2. The first-order valence-corrected chi connectivity index (χ1v) is 7.56. The Bertz CT molecular complexity index is 811. The summed E-state index contributed by atoms with van der Waals surface area (Å²) in [5, 5.41) is 9.05. The van der Waals surface area contributed by atoms with Crippen molar-refractivity contribution < 1.29 is 9.21 Å². The molecule has 23 heavy (non-hydrogen) atoms. The Kier molecular flexibility index (Phi) is 4.56. The molecule has 0 N–H and O–H groups in total. The van der Waals surface area contributed by atoms with Gasteiger partial charge in [0.2, 0.25) is 0 Å². The van der Waals surface area contributed by atoms with Gasteiger partial charge < -0.3 is 4.42 Å². The Morgan fingerprint density at radius 1 is 1.26 bits per heavy atom. The summed E-state index contributed by atoms with van der Waals surface area (Å²) in [5.41, 5.74) is 2.99. The summed E-state index contributed by atoms with van der Waals surface area (Å²) in [6.07, 6.45) is 2.02. The third-order valence-electron chi connectivity index (χ3n) is 3.70. The van der Waals surface area contributed by atoms with Crippen molar-refractivity contribution in [3.63, 3.8) is 0 Å². The summed E-state index contributed by atoms with van der Waals surface area (Å²) >= 11 is 0. The van der Waals surface area contributed by atoms with Crippen molar-refractivity contribution in [1.82, 2.24) is 0 Å². The number of benzene rings is 1. The molecule has 0 unspecified atom stereocenters. The maximum absolute atomic E-state index is 11.7. The number of nitrogens with zero attached hydrogens (tertiary/aromatic N) is 1. The number of aryl methyl sites for hydroxylation is 1. The van der Waals surface area contributed by atoms with Crippen LogP contribution in [0.25, 0.3) is 11.6 Å². The van der Waals surface area contributed by atoms with E-state index in [1.807, 2.05) is 30.3 Å². The molecule has 3 nitrogen and oxygen atoms in total. The van der Waals surface area contributed by atoms with Crippen LogP contribution in [0.2, 0.25) is 0 Å². The van der Waals surface area contributed by atoms with Crippen molar-refractivity contribution in [2.45, 2.75) is 34.6 Å². The van der Waals surface area contributed by atoms with Crippen molar-refractivity contribution in [2.24, 2.45) is 5.41 Å². The Morgan fingerprint density at radius 3 is 2.48 bits per heavy atom. The van der Waals surface area contributed by atoms with Gasteiger partial charge in [0.25, 0.3) is 0 Å². The van der Waals surface area contributed by atoms with E-state index in [-0.39, 0.29) is 11.2 Å². The summed E-state index contributed by atoms with van der Waals surface area (Å²) in [6.45, 7) is 9.63. The van der Waals surface area contributed by atoms with E-state index < -0.39 is 0 Å². The zero-order chi connectivity index (χ0) is 17.2. The standard InChI is InChI=1S/C20H21NO2/c1-13(22)17-11-19(23-14(17)2)18(20(3,4)5)10-15-7-6-8-16(9-15)12-21/h6-11H,1-5H3/b18-10+. The number of allylic oxidation sites excluding steroid dienone is 1. The lowest BCUT2D eigenvalue weighted by Gasteiger charge is -2.21. The molecule has 3 heteroatoms. The number of Topliss-reactive ketones (excluding diaryl/α,β-unsaturated/α-hetero) is 1. The number of furan rings is 1. The Hall–Kier alpha value is -2.60. The monoisotopic (exact) mass is 307 g/mol. The highest BCUT2D eigenvalue weighted by Crippen LogP contribution is 2.37. The molecule has 1 aromatic heterocycles. The molecule has 118 valence electrons. The van der Waals surface area contributed by atoms with Crippen LogP contribution >= 0.6 is 0 Å². The van der Waals surface area contributed by atoms with Gasteiger partial charge >= 0.3 is 0 Å². The predicted octanol–water partition coefficient (Wildman–Crippen LogP) is 5.25. The van der Waals surface area contributed by atoms with E-state index in [4.69, 9.17) is 9.68 Å². The van der Waals surface area contributed by atoms with Gasteiger partial charge in [0, 0.05) is 5.57 Å². The number of carbonyl (C=O) groups is 1. The summed E-state index contributed by atoms with van der Waals surface area (Å²) in [6, 6.07) is 11.4. The molecule has 0 radical (unpaired) electrons. The van der Waals surface area contributed by atoms with Gasteiger partial charge in [0.15, 0.2) is 5.78 Å². The zero-order valence-corrected chi connectivity index (χ0v) is 14.2. The number of rotatable bonds is 3. The molecule has 0 saturated carbocycles. The van der Waals surface area contributed by atoms with Gasteiger partial charge in [-0.3, -0.25) is 4.79 Å². The van der Waals surface area contributed by atoms with E-state index in [1.54, 1.807) is 19.9 Å². The minimum absolute atomic E-state index is 0.00256. The van der Waals surface area contributed by atoms with Crippen LogP contribution in [0.4, 0.5) is 0 Å². The second-order valence-electron chi connectivity index (χ2n) is 6.68. The van der Waals surface area contributed by atoms with Gasteiger partial charge in [-0.2, -0.15) is 5.26 Å². The summed E-state index contributed by atoms with van der Waals surface area (Å²) in [7, 11) is 0. The molecule has 0 aliphatic rings. The van der Waals surface area contributed by atoms with Crippen molar-refractivity contribution >= 4 is 17.4 Å². The van der Waals surface area contributed by atoms with Gasteiger partial charge in [-0.05, 0) is 49.1 Å². The third-order valence-corrected chi connectivity index (χ3v) is 3.70. The van der Waals surface area contributed by atoms with Crippen molar-refractivity contribution in [3.05, 3.63) is 58.5 Å². The van der Waals surface area contributed by atoms with Crippen LogP contribution < -0.4 is 0 Å². The van der Waals surface area contributed by atoms with Crippen molar-refractivity contribution in [2.75, 3.05) is 0 Å². The molecule has 2 rings (SSSR count). The molecule has 2 aromatic rings. The molecule has 0 atom stereocenters. The van der Waals surface area contributed by atoms with Crippen LogP contribution in [0.15, 0.2) is 34.7 Å². The van der Waals surface area contributed by atoms with Gasteiger partial charge in [-0.1, -0.05) is 32.9 Å². The van der Waals surface area contributed by atoms with Crippen LogP contribution in [0, 0.1) is 23.7 Å². The predicted molar refractivity (Wildman–Crippen MR) is 91.9 cm³/mol. The largest absolute Gasteiger partial charge is 0.461 e. The second-order valence-corrected chi connectivity index (χ2v) is 6.68. The van der Waals surface area contributed by atoms with Gasteiger partial charge in [-0.25, -0.2) is 0 Å². The smallest absolute Gasteiger partial charge is 0.163 e. The first-order chi connectivity index (χ1) is 10.7. The summed E-state index contributed by atoms with van der Waals surface area (Å²) in [5.74, 6) is 1.33. The van der Waals surface area contributed by atoms with Gasteiger partial charge in [-0.15, -0.1) is 0 Å². The average molecular weight is 307 g/mol. The maximum atomic E-state index is 11.7. The van der Waals surface area contributed by atoms with E-state index in [9.17, 15) is 4.79 Å². The molecule has 1 aromatic carbocycles. The molecule has 0 spiro atoms. The van der Waals surface area contributed by atoms with Gasteiger partial charge in [0.05, 0.1) is 17.2 Å². The van der Waals surface area contributed by atoms with E-state index >= 15 is 0 Å². The maximum Gasteiger partial charge on any atom is 0.163 e. The van der Waals surface area contributed by atoms with Crippen LogP contribution in [0.3, 0.4) is 0 Å². The SMILES string of the molecule is CC(=O)c1cc(/C(=C\c2cccc(C#N)c2)C(C)(C)C)oc1C. The Morgan fingerprint density at radius 2 is 1.96 bits per heavy atom. The van der Waals surface area contributed by atoms with Crippen LogP contribution in [-0.2, 0) is 0 Å².